The quantitative estimate of drug-likeness (QED) is 0.382. The summed E-state index contributed by atoms with van der Waals surface area (Å²) >= 11 is 0. The summed E-state index contributed by atoms with van der Waals surface area (Å²) in [7, 11) is 0. The Morgan fingerprint density at radius 3 is 2.60 bits per heavy atom. The third-order valence-electron chi connectivity index (χ3n) is 8.93. The number of amides is 1. The fraction of sp³-hybridized carbons (Fsp3) is 0.531. The summed E-state index contributed by atoms with van der Waals surface area (Å²) in [4.78, 5) is 33.4. The lowest BCUT2D eigenvalue weighted by Gasteiger charge is -2.52. The van der Waals surface area contributed by atoms with Crippen molar-refractivity contribution in [3.63, 3.8) is 0 Å². The van der Waals surface area contributed by atoms with E-state index in [0.29, 0.717) is 36.5 Å². The molecule has 2 aromatic carbocycles. The average molecular weight is 584 g/mol. The topological polar surface area (TPSA) is 84.7 Å². The lowest BCUT2D eigenvalue weighted by atomic mass is 9.61. The molecule has 1 N–H and O–H groups in total. The molecule has 10 heteroatoms. The minimum atomic E-state index is -4.28. The van der Waals surface area contributed by atoms with Gasteiger partial charge < -0.3 is 19.3 Å². The molecule has 1 aromatic heterocycles. The molecule has 0 saturated carbocycles. The van der Waals surface area contributed by atoms with E-state index in [2.05, 4.69) is 12.1 Å². The molecule has 3 aliphatic rings. The number of aromatic nitrogens is 2. The lowest BCUT2D eigenvalue weighted by molar-refractivity contribution is -0.140. The highest BCUT2D eigenvalue weighted by molar-refractivity contribution is 5.98. The molecule has 1 saturated heterocycles. The Labute approximate surface area is 242 Å². The number of aryl methyl sites for hydroxylation is 1. The first-order chi connectivity index (χ1) is 19.9. The predicted octanol–water partition coefficient (Wildman–Crippen LogP) is 6.05. The van der Waals surface area contributed by atoms with Crippen molar-refractivity contribution in [3.05, 3.63) is 64.7 Å². The number of benzene rings is 2. The summed E-state index contributed by atoms with van der Waals surface area (Å²) in [5.74, 6) is -0.0285. The summed E-state index contributed by atoms with van der Waals surface area (Å²) < 4.78 is 46.3. The summed E-state index contributed by atoms with van der Waals surface area (Å²) in [5.41, 5.74) is 2.47. The van der Waals surface area contributed by atoms with Crippen LogP contribution >= 0.6 is 0 Å². The zero-order chi connectivity index (χ0) is 29.8. The summed E-state index contributed by atoms with van der Waals surface area (Å²) in [6.07, 6.45) is -4.22. The highest BCUT2D eigenvalue weighted by atomic mass is 19.4. The van der Waals surface area contributed by atoms with Crippen molar-refractivity contribution in [1.29, 1.82) is 0 Å². The molecule has 1 spiro atoms. The fourth-order valence-electron chi connectivity index (χ4n) is 7.05. The molecule has 0 bridgehead atoms. The molecule has 6 rings (SSSR count). The molecular formula is C32H36F3N3O4. The number of aliphatic hydroxyl groups is 1. The van der Waals surface area contributed by atoms with Crippen LogP contribution in [0.25, 0.3) is 10.8 Å². The predicted molar refractivity (Wildman–Crippen MR) is 150 cm³/mol. The number of aliphatic hydroxyl groups excluding tert-OH is 1. The van der Waals surface area contributed by atoms with Crippen LogP contribution in [-0.2, 0) is 35.3 Å². The molecule has 1 aliphatic heterocycles. The van der Waals surface area contributed by atoms with Gasteiger partial charge in [-0.05, 0) is 67.9 Å². The fourth-order valence-corrected chi connectivity index (χ4v) is 7.05. The van der Waals surface area contributed by atoms with E-state index in [4.69, 9.17) is 9.72 Å². The number of Topliss-reactive ketones (excluding diaryl/α,β-unsaturated/α-hetero) is 1. The number of rotatable bonds is 6. The third kappa shape index (κ3) is 5.29. The van der Waals surface area contributed by atoms with Crippen LogP contribution in [0.2, 0.25) is 0 Å². The van der Waals surface area contributed by atoms with Crippen LogP contribution in [0, 0.1) is 5.41 Å². The zero-order valence-corrected chi connectivity index (χ0v) is 23.9. The SMILES string of the molecule is CC(C)OC(=O)N1CC2(Cc3cc4ccccc4cc3C(Cc3nc4c(n3CCCC(F)(F)F)C(O)CCC4)C2=O)C1. The van der Waals surface area contributed by atoms with Gasteiger partial charge in [-0.15, -0.1) is 0 Å². The van der Waals surface area contributed by atoms with Gasteiger partial charge in [0.15, 0.2) is 5.78 Å². The molecule has 2 atom stereocenters. The second kappa shape index (κ2) is 10.7. The number of imidazole rings is 1. The highest BCUT2D eigenvalue weighted by Gasteiger charge is 2.56. The van der Waals surface area contributed by atoms with Crippen molar-refractivity contribution in [3.8, 4) is 0 Å². The average Bonchev–Trinajstić information content (AvgIpc) is 3.25. The van der Waals surface area contributed by atoms with Gasteiger partial charge in [0.25, 0.3) is 0 Å². The first-order valence-corrected chi connectivity index (χ1v) is 14.8. The number of alkyl halides is 3. The van der Waals surface area contributed by atoms with E-state index in [0.717, 1.165) is 28.3 Å². The molecule has 7 nitrogen and oxygen atoms in total. The van der Waals surface area contributed by atoms with Crippen molar-refractivity contribution < 1.29 is 32.6 Å². The molecule has 42 heavy (non-hydrogen) atoms. The van der Waals surface area contributed by atoms with Gasteiger partial charge in [0.1, 0.15) is 5.82 Å². The van der Waals surface area contributed by atoms with Crippen molar-refractivity contribution in [2.75, 3.05) is 13.1 Å². The van der Waals surface area contributed by atoms with Crippen LogP contribution in [0.3, 0.4) is 0 Å². The van der Waals surface area contributed by atoms with Crippen molar-refractivity contribution in [2.45, 2.75) is 89.6 Å². The number of nitrogens with zero attached hydrogens (tertiary/aromatic N) is 3. The van der Waals surface area contributed by atoms with Crippen molar-refractivity contribution >= 4 is 22.6 Å². The minimum Gasteiger partial charge on any atom is -0.447 e. The van der Waals surface area contributed by atoms with Gasteiger partial charge >= 0.3 is 12.3 Å². The third-order valence-corrected chi connectivity index (χ3v) is 8.93. The van der Waals surface area contributed by atoms with Crippen LogP contribution in [0.4, 0.5) is 18.0 Å². The van der Waals surface area contributed by atoms with Gasteiger partial charge in [0.05, 0.1) is 34.9 Å². The van der Waals surface area contributed by atoms with Crippen LogP contribution in [-0.4, -0.2) is 56.8 Å². The lowest BCUT2D eigenvalue weighted by Crippen LogP contribution is -2.65. The monoisotopic (exact) mass is 583 g/mol. The van der Waals surface area contributed by atoms with E-state index in [-0.39, 0.29) is 44.4 Å². The first-order valence-electron chi connectivity index (χ1n) is 14.8. The molecular weight excluding hydrogens is 547 g/mol. The standard InChI is InChI=1S/C32H36F3N3O4/c1-19(2)42-30(41)37-17-31(18-37)16-22-13-20-7-3-4-8-21(20)14-23(22)24(29(31)40)15-27-36-25-9-5-10-26(39)28(25)38(27)12-6-11-32(33,34)35/h3-4,7-8,13-14,19,24,26,39H,5-6,9-12,15-18H2,1-2H3. The molecule has 2 unspecified atom stereocenters. The number of carbonyl (C=O) groups excluding carboxylic acids is 2. The van der Waals surface area contributed by atoms with E-state index >= 15 is 0 Å². The summed E-state index contributed by atoms with van der Waals surface area (Å²) in [5, 5.41) is 12.9. The molecule has 0 radical (unpaired) electrons. The number of hydrogen-bond acceptors (Lipinski definition) is 5. The van der Waals surface area contributed by atoms with Crippen molar-refractivity contribution in [2.24, 2.45) is 5.41 Å². The molecule has 224 valence electrons. The summed E-state index contributed by atoms with van der Waals surface area (Å²) in [6.45, 7) is 4.15. The Morgan fingerprint density at radius 2 is 1.90 bits per heavy atom. The van der Waals surface area contributed by atoms with E-state index in [1.165, 1.54) is 0 Å². The largest absolute Gasteiger partial charge is 0.447 e. The molecule has 1 amide bonds. The van der Waals surface area contributed by atoms with E-state index < -0.39 is 36.1 Å². The Hall–Kier alpha value is -3.40. The van der Waals surface area contributed by atoms with Crippen molar-refractivity contribution in [1.82, 2.24) is 14.5 Å². The maximum Gasteiger partial charge on any atom is 0.410 e. The second-order valence-electron chi connectivity index (χ2n) is 12.4. The van der Waals surface area contributed by atoms with E-state index in [9.17, 15) is 27.9 Å². The Bertz CT molecular complexity index is 1520. The molecule has 1 fully saturated rings. The molecule has 2 aliphatic carbocycles. The van der Waals surface area contributed by atoms with E-state index in [1.54, 1.807) is 23.3 Å². The number of carbonyl (C=O) groups is 2. The van der Waals surface area contributed by atoms with Gasteiger partial charge in [-0.1, -0.05) is 36.4 Å². The number of ketones is 1. The number of fused-ring (bicyclic) bond motifs is 3. The Balaban J connectivity index is 1.37. The Kier molecular flexibility index (Phi) is 7.32. The Morgan fingerprint density at radius 1 is 1.19 bits per heavy atom. The molecule has 3 aromatic rings. The van der Waals surface area contributed by atoms with Crippen LogP contribution in [0.5, 0.6) is 0 Å². The second-order valence-corrected chi connectivity index (χ2v) is 12.4. The number of ether oxygens (including phenoxy) is 1. The van der Waals surface area contributed by atoms with Gasteiger partial charge in [0.2, 0.25) is 0 Å². The zero-order valence-electron chi connectivity index (χ0n) is 23.9. The number of hydrogen-bond donors (Lipinski definition) is 1. The smallest absolute Gasteiger partial charge is 0.410 e. The van der Waals surface area contributed by atoms with Gasteiger partial charge in [0, 0.05) is 32.5 Å². The minimum absolute atomic E-state index is 0.0160. The van der Waals surface area contributed by atoms with E-state index in [1.807, 2.05) is 24.3 Å². The van der Waals surface area contributed by atoms with Gasteiger partial charge in [-0.25, -0.2) is 9.78 Å². The van der Waals surface area contributed by atoms with Crippen LogP contribution < -0.4 is 0 Å². The molecule has 2 heterocycles. The summed E-state index contributed by atoms with van der Waals surface area (Å²) in [6, 6.07) is 12.1. The normalized spacial score (nSPS) is 21.4. The maximum absolute atomic E-state index is 14.4. The van der Waals surface area contributed by atoms with Gasteiger partial charge in [-0.2, -0.15) is 13.2 Å². The highest BCUT2D eigenvalue weighted by Crippen LogP contribution is 2.48. The maximum atomic E-state index is 14.4. The number of likely N-dealkylation sites (tertiary alicyclic amines) is 1. The first kappa shape index (κ1) is 28.7. The van der Waals surface area contributed by atoms with Crippen LogP contribution in [0.1, 0.15) is 79.9 Å². The van der Waals surface area contributed by atoms with Crippen LogP contribution in [0.15, 0.2) is 36.4 Å². The number of halogens is 3. The van der Waals surface area contributed by atoms with Gasteiger partial charge in [-0.3, -0.25) is 4.79 Å².